The van der Waals surface area contributed by atoms with Crippen molar-refractivity contribution in [3.8, 4) is 0 Å². The normalized spacial score (nSPS) is 12.4. The summed E-state index contributed by atoms with van der Waals surface area (Å²) in [7, 11) is 0. The summed E-state index contributed by atoms with van der Waals surface area (Å²) >= 11 is 0. The zero-order valence-corrected chi connectivity index (χ0v) is 15.4. The largest absolute Gasteiger partial charge is 0.0917 e. The molecule has 0 spiro atoms. The van der Waals surface area contributed by atoms with Gasteiger partial charge in [-0.05, 0) is 70.3 Å². The summed E-state index contributed by atoms with van der Waals surface area (Å²) in [6.07, 6.45) is 28.9. The molecule has 0 saturated carbocycles. The molecule has 0 unspecified atom stereocenters. The molecule has 0 aliphatic heterocycles. The maximum absolute atomic E-state index is 2.34. The molecule has 24 heavy (non-hydrogen) atoms. The van der Waals surface area contributed by atoms with Gasteiger partial charge in [-0.25, -0.2) is 0 Å². The summed E-state index contributed by atoms with van der Waals surface area (Å²) in [5.41, 5.74) is 1.45. The predicted octanol–water partition coefficient (Wildman–Crippen LogP) is 7.59. The van der Waals surface area contributed by atoms with E-state index in [9.17, 15) is 0 Å². The van der Waals surface area contributed by atoms with Crippen LogP contribution in [0.25, 0.3) is 0 Å². The van der Waals surface area contributed by atoms with Crippen molar-refractivity contribution in [1.82, 2.24) is 0 Å². The van der Waals surface area contributed by atoms with Crippen molar-refractivity contribution in [3.63, 3.8) is 0 Å². The molecular formula is C24H34. The van der Waals surface area contributed by atoms with E-state index in [0.717, 1.165) is 0 Å². The average molecular weight is 323 g/mol. The van der Waals surface area contributed by atoms with Gasteiger partial charge >= 0.3 is 0 Å². The first kappa shape index (κ1) is 20.2. The molecule has 1 aromatic carbocycles. The Labute approximate surface area is 149 Å². The molecule has 0 aliphatic carbocycles. The van der Waals surface area contributed by atoms with Crippen molar-refractivity contribution in [1.29, 1.82) is 0 Å². The van der Waals surface area contributed by atoms with E-state index in [1.165, 1.54) is 63.4 Å². The molecule has 0 atom stereocenters. The van der Waals surface area contributed by atoms with Gasteiger partial charge in [-0.1, -0.05) is 78.9 Å². The quantitative estimate of drug-likeness (QED) is 0.259. The van der Waals surface area contributed by atoms with E-state index < -0.39 is 0 Å². The molecule has 0 nitrogen and oxygen atoms in total. The van der Waals surface area contributed by atoms with Crippen molar-refractivity contribution in [2.45, 2.75) is 64.7 Å². The molecule has 0 amide bonds. The Morgan fingerprint density at radius 1 is 0.583 bits per heavy atom. The van der Waals surface area contributed by atoms with Crippen molar-refractivity contribution >= 4 is 0 Å². The van der Waals surface area contributed by atoms with Crippen LogP contribution in [-0.2, 0) is 6.42 Å². The average Bonchev–Trinajstić information content (AvgIpc) is 2.62. The highest BCUT2D eigenvalue weighted by Crippen LogP contribution is 2.05. The maximum atomic E-state index is 2.34. The van der Waals surface area contributed by atoms with Crippen LogP contribution in [0.4, 0.5) is 0 Å². The molecular weight excluding hydrogens is 288 g/mol. The van der Waals surface area contributed by atoms with E-state index >= 15 is 0 Å². The van der Waals surface area contributed by atoms with E-state index in [4.69, 9.17) is 0 Å². The molecule has 0 radical (unpaired) electrons. The fourth-order valence-corrected chi connectivity index (χ4v) is 2.52. The lowest BCUT2D eigenvalue weighted by Gasteiger charge is -1.97. The van der Waals surface area contributed by atoms with Gasteiger partial charge in [-0.3, -0.25) is 0 Å². The molecule has 0 fully saturated rings. The minimum absolute atomic E-state index is 1.17. The van der Waals surface area contributed by atoms with Gasteiger partial charge in [0.15, 0.2) is 0 Å². The first-order chi connectivity index (χ1) is 11.9. The molecule has 1 aromatic rings. The van der Waals surface area contributed by atoms with Crippen LogP contribution in [0.15, 0.2) is 78.9 Å². The number of hydrogen-bond acceptors (Lipinski definition) is 0. The Morgan fingerprint density at radius 2 is 1.04 bits per heavy atom. The Morgan fingerprint density at radius 3 is 1.54 bits per heavy atom. The summed E-state index contributed by atoms with van der Waals surface area (Å²) in [6.45, 7) is 2.08. The summed E-state index contributed by atoms with van der Waals surface area (Å²) in [6, 6.07) is 10.8. The van der Waals surface area contributed by atoms with Crippen LogP contribution in [0.1, 0.15) is 63.9 Å². The van der Waals surface area contributed by atoms with Crippen LogP contribution in [0.2, 0.25) is 0 Å². The van der Waals surface area contributed by atoms with Crippen LogP contribution in [0.3, 0.4) is 0 Å². The lowest BCUT2D eigenvalue weighted by Crippen LogP contribution is -1.82. The topological polar surface area (TPSA) is 0 Å². The minimum Gasteiger partial charge on any atom is -0.0917 e. The molecule has 1 rings (SSSR count). The van der Waals surface area contributed by atoms with Gasteiger partial charge in [0.05, 0.1) is 0 Å². The van der Waals surface area contributed by atoms with Crippen LogP contribution in [-0.4, -0.2) is 0 Å². The highest BCUT2D eigenvalue weighted by molar-refractivity contribution is 5.14. The molecule has 0 N–H and O–H groups in total. The van der Waals surface area contributed by atoms with Crippen molar-refractivity contribution in [3.05, 3.63) is 84.5 Å². The van der Waals surface area contributed by atoms with Gasteiger partial charge in [0.2, 0.25) is 0 Å². The van der Waals surface area contributed by atoms with Crippen LogP contribution in [0.5, 0.6) is 0 Å². The monoisotopic (exact) mass is 322 g/mol. The molecule has 130 valence electrons. The zero-order valence-electron chi connectivity index (χ0n) is 15.4. The second kappa shape index (κ2) is 16.1. The third-order valence-electron chi connectivity index (χ3n) is 3.91. The van der Waals surface area contributed by atoms with Crippen LogP contribution >= 0.6 is 0 Å². The van der Waals surface area contributed by atoms with Crippen molar-refractivity contribution in [2.75, 3.05) is 0 Å². The second-order valence-electron chi connectivity index (χ2n) is 6.09. The lowest BCUT2D eigenvalue weighted by atomic mass is 10.1. The smallest absolute Gasteiger partial charge is 0.0276 e. The zero-order chi connectivity index (χ0) is 17.1. The summed E-state index contributed by atoms with van der Waals surface area (Å²) in [5.74, 6) is 0. The predicted molar refractivity (Wildman–Crippen MR) is 109 cm³/mol. The highest BCUT2D eigenvalue weighted by atomic mass is 13.9. The molecule has 0 bridgehead atoms. The number of unbranched alkanes of at least 4 members (excludes halogenated alkanes) is 4. The van der Waals surface area contributed by atoms with Gasteiger partial charge in [-0.15, -0.1) is 0 Å². The fourth-order valence-electron chi connectivity index (χ4n) is 2.52. The fraction of sp³-hybridized carbons (Fsp3) is 0.417. The summed E-state index contributed by atoms with van der Waals surface area (Å²) in [5, 5.41) is 0. The lowest BCUT2D eigenvalue weighted by molar-refractivity contribution is 0.838. The molecule has 0 heteroatoms. The van der Waals surface area contributed by atoms with Crippen LogP contribution < -0.4 is 0 Å². The Bertz CT molecular complexity index is 488. The van der Waals surface area contributed by atoms with E-state index in [-0.39, 0.29) is 0 Å². The van der Waals surface area contributed by atoms with Gasteiger partial charge in [-0.2, -0.15) is 0 Å². The van der Waals surface area contributed by atoms with E-state index in [0.29, 0.717) is 0 Å². The number of aryl methyl sites for hydroxylation is 1. The molecule has 0 aliphatic rings. The van der Waals surface area contributed by atoms with E-state index in [1.807, 2.05) is 0 Å². The first-order valence-corrected chi connectivity index (χ1v) is 9.53. The third kappa shape index (κ3) is 12.7. The third-order valence-corrected chi connectivity index (χ3v) is 3.91. The summed E-state index contributed by atoms with van der Waals surface area (Å²) < 4.78 is 0. The summed E-state index contributed by atoms with van der Waals surface area (Å²) in [4.78, 5) is 0. The minimum atomic E-state index is 1.17. The van der Waals surface area contributed by atoms with Gasteiger partial charge in [0.1, 0.15) is 0 Å². The Balaban J connectivity index is 1.90. The van der Waals surface area contributed by atoms with Gasteiger partial charge < -0.3 is 0 Å². The van der Waals surface area contributed by atoms with Gasteiger partial charge in [0, 0.05) is 0 Å². The second-order valence-corrected chi connectivity index (χ2v) is 6.09. The number of benzene rings is 1. The number of rotatable bonds is 13. The molecule has 0 saturated heterocycles. The van der Waals surface area contributed by atoms with Crippen molar-refractivity contribution in [2.24, 2.45) is 0 Å². The molecule has 0 heterocycles. The highest BCUT2D eigenvalue weighted by Gasteiger charge is 1.89. The number of allylic oxidation sites excluding steroid dienone is 8. The van der Waals surface area contributed by atoms with Gasteiger partial charge in [0.25, 0.3) is 0 Å². The first-order valence-electron chi connectivity index (χ1n) is 9.53. The van der Waals surface area contributed by atoms with E-state index in [1.54, 1.807) is 0 Å². The van der Waals surface area contributed by atoms with E-state index in [2.05, 4.69) is 85.9 Å². The Hall–Kier alpha value is -1.82. The molecule has 0 aromatic heterocycles. The Kier molecular flexibility index (Phi) is 13.5. The number of hydrogen-bond donors (Lipinski definition) is 0. The standard InChI is InChI=1S/C24H34/c1-2-3-4-5-6-7-8-9-10-11-12-13-14-15-16-18-21-24-22-19-17-20-23-24/h2-3,6-7,10-11,14-15,17,19-20,22-23H,4-5,8-9,12-13,16,18,21H2,1H3/b3-2+,7-6+,11-10+,15-14+. The van der Waals surface area contributed by atoms with Crippen LogP contribution in [0, 0.1) is 0 Å². The maximum Gasteiger partial charge on any atom is -0.0276 e. The SMILES string of the molecule is C/C=C/CC/C=C/CC/C=C/CC/C=C/CCCc1ccccc1. The van der Waals surface area contributed by atoms with Crippen molar-refractivity contribution < 1.29 is 0 Å².